The number of aliphatic carboxylic acids is 1. The number of hydrogen-bond acceptors (Lipinski definition) is 5. The lowest BCUT2D eigenvalue weighted by molar-refractivity contribution is -0.139. The summed E-state index contributed by atoms with van der Waals surface area (Å²) in [6, 6.07) is 22.3. The molecule has 1 atom stereocenters. The number of amides is 2. The summed E-state index contributed by atoms with van der Waals surface area (Å²) in [4.78, 5) is 36.3. The fourth-order valence-electron chi connectivity index (χ4n) is 4.58. The second-order valence-corrected chi connectivity index (χ2v) is 10.2. The lowest BCUT2D eigenvalue weighted by Gasteiger charge is -2.22. The highest BCUT2D eigenvalue weighted by Gasteiger charge is 2.29. The molecule has 4 rings (SSSR count). The van der Waals surface area contributed by atoms with Gasteiger partial charge in [0, 0.05) is 18.9 Å². The van der Waals surface area contributed by atoms with Gasteiger partial charge in [0.15, 0.2) is 0 Å². The molecule has 8 heteroatoms. The van der Waals surface area contributed by atoms with E-state index in [2.05, 4.69) is 34.9 Å². The summed E-state index contributed by atoms with van der Waals surface area (Å²) >= 11 is 0. The minimum Gasteiger partial charge on any atom is -0.480 e. The summed E-state index contributed by atoms with van der Waals surface area (Å²) in [5.41, 5.74) is 5.34. The second-order valence-electron chi connectivity index (χ2n) is 10.2. The fraction of sp³-hybridized carbons (Fsp3) is 0.300. The molecule has 2 amide bonds. The van der Waals surface area contributed by atoms with Crippen LogP contribution in [-0.4, -0.2) is 41.5 Å². The molecule has 0 aliphatic heterocycles. The van der Waals surface area contributed by atoms with E-state index in [0.717, 1.165) is 27.8 Å². The molecule has 3 aromatic rings. The van der Waals surface area contributed by atoms with Gasteiger partial charge in [0.2, 0.25) is 0 Å². The maximum Gasteiger partial charge on any atom is 0.408 e. The third-order valence-electron chi connectivity index (χ3n) is 6.20. The second kappa shape index (κ2) is 11.4. The van der Waals surface area contributed by atoms with Crippen LogP contribution in [-0.2, 0) is 27.2 Å². The molecule has 1 unspecified atom stereocenters. The number of alkyl carbamates (subject to hydrolysis) is 2. The van der Waals surface area contributed by atoms with Gasteiger partial charge in [-0.25, -0.2) is 14.4 Å². The molecule has 198 valence electrons. The standard InChI is InChI=1S/C30H32N2O6/c1-30(2,3)38-29(36)32-26(27(33)34)16-19-9-8-10-20(15-19)17-31-28(35)37-18-25-23-13-6-4-11-21(23)22-12-5-7-14-24(22)25/h4-15,25-26H,16-18H2,1-3H3,(H,31,35)(H,32,36)(H,33,34). The van der Waals surface area contributed by atoms with E-state index >= 15 is 0 Å². The molecule has 0 saturated heterocycles. The Morgan fingerprint density at radius 3 is 2.08 bits per heavy atom. The Hall–Kier alpha value is -4.33. The smallest absolute Gasteiger partial charge is 0.408 e. The highest BCUT2D eigenvalue weighted by molar-refractivity contribution is 5.80. The maximum atomic E-state index is 12.5. The number of carboxylic acids is 1. The van der Waals surface area contributed by atoms with E-state index in [-0.39, 0.29) is 25.5 Å². The Morgan fingerprint density at radius 2 is 1.47 bits per heavy atom. The predicted octanol–water partition coefficient (Wildman–Crippen LogP) is 5.25. The first-order chi connectivity index (χ1) is 18.1. The van der Waals surface area contributed by atoms with Crippen molar-refractivity contribution in [3.05, 3.63) is 95.1 Å². The molecule has 38 heavy (non-hydrogen) atoms. The van der Waals surface area contributed by atoms with Gasteiger partial charge in [-0.05, 0) is 54.2 Å². The SMILES string of the molecule is CC(C)(C)OC(=O)NC(Cc1cccc(CNC(=O)OCC2c3ccccc3-c3ccccc32)c1)C(=O)O. The molecule has 0 aromatic heterocycles. The summed E-state index contributed by atoms with van der Waals surface area (Å²) < 4.78 is 10.8. The summed E-state index contributed by atoms with van der Waals surface area (Å²) in [6.45, 7) is 5.54. The Kier molecular flexibility index (Phi) is 8.00. The van der Waals surface area contributed by atoms with Crippen LogP contribution in [0, 0.1) is 0 Å². The number of nitrogens with one attached hydrogen (secondary N) is 2. The van der Waals surface area contributed by atoms with Crippen LogP contribution in [0.2, 0.25) is 0 Å². The Bertz CT molecular complexity index is 1280. The molecule has 3 N–H and O–H groups in total. The van der Waals surface area contributed by atoms with Crippen LogP contribution < -0.4 is 10.6 Å². The topological polar surface area (TPSA) is 114 Å². The molecule has 0 radical (unpaired) electrons. The highest BCUT2D eigenvalue weighted by Crippen LogP contribution is 2.44. The van der Waals surface area contributed by atoms with Crippen molar-refractivity contribution >= 4 is 18.2 Å². The summed E-state index contributed by atoms with van der Waals surface area (Å²) in [5, 5.41) is 14.7. The molecule has 1 aliphatic carbocycles. The van der Waals surface area contributed by atoms with Crippen molar-refractivity contribution in [3.8, 4) is 11.1 Å². The van der Waals surface area contributed by atoms with Crippen molar-refractivity contribution in [1.82, 2.24) is 10.6 Å². The van der Waals surface area contributed by atoms with Gasteiger partial charge in [-0.3, -0.25) is 0 Å². The van der Waals surface area contributed by atoms with E-state index in [0.29, 0.717) is 5.56 Å². The summed E-state index contributed by atoms with van der Waals surface area (Å²) in [6.07, 6.45) is -1.27. The fourth-order valence-corrected chi connectivity index (χ4v) is 4.58. The Morgan fingerprint density at radius 1 is 0.868 bits per heavy atom. The molecule has 0 bridgehead atoms. The quantitative estimate of drug-likeness (QED) is 0.377. The van der Waals surface area contributed by atoms with E-state index in [1.54, 1.807) is 39.0 Å². The Labute approximate surface area is 222 Å². The van der Waals surface area contributed by atoms with Crippen molar-refractivity contribution in [3.63, 3.8) is 0 Å². The van der Waals surface area contributed by atoms with Gasteiger partial charge in [-0.1, -0.05) is 72.8 Å². The van der Waals surface area contributed by atoms with Gasteiger partial charge < -0.3 is 25.2 Å². The number of benzene rings is 3. The van der Waals surface area contributed by atoms with E-state index in [1.165, 1.54) is 0 Å². The van der Waals surface area contributed by atoms with Crippen molar-refractivity contribution < 1.29 is 29.0 Å². The zero-order chi connectivity index (χ0) is 27.3. The number of carbonyl (C=O) groups excluding carboxylic acids is 2. The van der Waals surface area contributed by atoms with Crippen molar-refractivity contribution in [2.24, 2.45) is 0 Å². The van der Waals surface area contributed by atoms with E-state index < -0.39 is 29.8 Å². The molecule has 0 saturated carbocycles. The zero-order valence-corrected chi connectivity index (χ0v) is 21.7. The Balaban J connectivity index is 1.32. The molecule has 8 nitrogen and oxygen atoms in total. The van der Waals surface area contributed by atoms with Crippen molar-refractivity contribution in [2.75, 3.05) is 6.61 Å². The van der Waals surface area contributed by atoms with Crippen LogP contribution in [0.4, 0.5) is 9.59 Å². The van der Waals surface area contributed by atoms with E-state index in [1.807, 2.05) is 30.3 Å². The number of carboxylic acid groups (broad SMARTS) is 1. The average Bonchev–Trinajstić information content (AvgIpc) is 3.18. The van der Waals surface area contributed by atoms with Gasteiger partial charge >= 0.3 is 18.2 Å². The minimum atomic E-state index is -1.17. The molecular formula is C30H32N2O6. The lowest BCUT2D eigenvalue weighted by atomic mass is 9.98. The van der Waals surface area contributed by atoms with Crippen molar-refractivity contribution in [1.29, 1.82) is 0 Å². The first-order valence-electron chi connectivity index (χ1n) is 12.5. The number of carbonyl (C=O) groups is 3. The van der Waals surface area contributed by atoms with Crippen LogP contribution in [0.5, 0.6) is 0 Å². The van der Waals surface area contributed by atoms with Gasteiger partial charge in [-0.15, -0.1) is 0 Å². The number of fused-ring (bicyclic) bond motifs is 3. The van der Waals surface area contributed by atoms with Gasteiger partial charge in [0.05, 0.1) is 0 Å². The number of hydrogen-bond donors (Lipinski definition) is 3. The van der Waals surface area contributed by atoms with Crippen molar-refractivity contribution in [2.45, 2.75) is 51.3 Å². The van der Waals surface area contributed by atoms with Gasteiger partial charge in [0.25, 0.3) is 0 Å². The van der Waals surface area contributed by atoms with E-state index in [9.17, 15) is 19.5 Å². The number of rotatable bonds is 8. The lowest BCUT2D eigenvalue weighted by Crippen LogP contribution is -2.44. The molecule has 0 spiro atoms. The predicted molar refractivity (Wildman–Crippen MR) is 143 cm³/mol. The normalized spacial score (nSPS) is 13.1. The maximum absolute atomic E-state index is 12.5. The molecule has 1 aliphatic rings. The number of ether oxygens (including phenoxy) is 2. The largest absolute Gasteiger partial charge is 0.480 e. The van der Waals surface area contributed by atoms with Crippen LogP contribution in [0.25, 0.3) is 11.1 Å². The van der Waals surface area contributed by atoms with Crippen LogP contribution in [0.15, 0.2) is 72.8 Å². The molecular weight excluding hydrogens is 484 g/mol. The highest BCUT2D eigenvalue weighted by atomic mass is 16.6. The first kappa shape index (κ1) is 26.7. The zero-order valence-electron chi connectivity index (χ0n) is 21.7. The monoisotopic (exact) mass is 516 g/mol. The summed E-state index contributed by atoms with van der Waals surface area (Å²) in [7, 11) is 0. The molecule has 0 fully saturated rings. The molecule has 0 heterocycles. The van der Waals surface area contributed by atoms with Crippen LogP contribution >= 0.6 is 0 Å². The third kappa shape index (κ3) is 6.70. The van der Waals surface area contributed by atoms with Gasteiger partial charge in [-0.2, -0.15) is 0 Å². The first-order valence-corrected chi connectivity index (χ1v) is 12.5. The third-order valence-corrected chi connectivity index (χ3v) is 6.20. The average molecular weight is 517 g/mol. The van der Waals surface area contributed by atoms with Crippen LogP contribution in [0.1, 0.15) is 48.9 Å². The summed E-state index contributed by atoms with van der Waals surface area (Å²) in [5.74, 6) is -1.19. The van der Waals surface area contributed by atoms with Crippen LogP contribution in [0.3, 0.4) is 0 Å². The molecule has 3 aromatic carbocycles. The van der Waals surface area contributed by atoms with Gasteiger partial charge in [0.1, 0.15) is 18.2 Å². The van der Waals surface area contributed by atoms with E-state index in [4.69, 9.17) is 9.47 Å². The minimum absolute atomic E-state index is 0.0260.